The summed E-state index contributed by atoms with van der Waals surface area (Å²) in [6.07, 6.45) is -0.600. The molecule has 4 N–H and O–H groups in total. The van der Waals surface area contributed by atoms with E-state index >= 15 is 0 Å². The number of ether oxygens (including phenoxy) is 1. The molecule has 5 amide bonds. The molecule has 0 aliphatic carbocycles. The quantitative estimate of drug-likeness (QED) is 0.203. The molecule has 0 fully saturated rings. The van der Waals surface area contributed by atoms with Crippen molar-refractivity contribution in [3.8, 4) is 5.75 Å². The number of anilines is 3. The van der Waals surface area contributed by atoms with Crippen LogP contribution in [0.1, 0.15) is 24.2 Å². The zero-order chi connectivity index (χ0) is 32.1. The van der Waals surface area contributed by atoms with E-state index in [2.05, 4.69) is 16.0 Å². The molecule has 45 heavy (non-hydrogen) atoms. The number of rotatable bonds is 7. The van der Waals surface area contributed by atoms with E-state index in [4.69, 9.17) is 4.74 Å². The fraction of sp³-hybridized carbons (Fsp3) is 0.265. The fourth-order valence-corrected chi connectivity index (χ4v) is 5.28. The van der Waals surface area contributed by atoms with Crippen LogP contribution in [-0.2, 0) is 0 Å². The Bertz CT molecular complexity index is 1690. The molecule has 0 saturated carbocycles. The SMILES string of the molecule is C[C@@H]1CN([C@H](C)CO)C(=O)c2cccc(NC(=O)Nc3ccc(F)cc3)c2O[C@@H]1CN(C)C(=O)Nc1cccc2ccccc12. The summed E-state index contributed by atoms with van der Waals surface area (Å²) in [7, 11) is 1.66. The number of aliphatic hydroxyl groups excluding tert-OH is 1. The van der Waals surface area contributed by atoms with Gasteiger partial charge in [0.25, 0.3) is 5.91 Å². The minimum atomic E-state index is -0.620. The lowest BCUT2D eigenvalue weighted by atomic mass is 9.99. The molecule has 1 aliphatic rings. The van der Waals surface area contributed by atoms with Gasteiger partial charge in [-0.15, -0.1) is 0 Å². The van der Waals surface area contributed by atoms with Gasteiger partial charge in [0.15, 0.2) is 5.75 Å². The van der Waals surface area contributed by atoms with Crippen molar-refractivity contribution >= 4 is 45.8 Å². The molecular formula is C34H36FN5O5. The standard InChI is InChI=1S/C34H36FN5O5/c1-21-18-40(22(2)20-41)32(42)27-11-7-13-29(37-33(43)36-25-16-14-24(35)15-17-25)31(27)45-30(21)19-39(3)34(44)38-28-12-6-9-23-8-4-5-10-26(23)28/h4-17,21-22,30,41H,18-20H2,1-3H3,(H,38,44)(H2,36,37,43)/t21-,22-,30-/m1/s1. The van der Waals surface area contributed by atoms with Gasteiger partial charge in [0.05, 0.1) is 36.1 Å². The number of likely N-dealkylation sites (N-methyl/N-ethyl adjacent to an activating group) is 1. The van der Waals surface area contributed by atoms with Gasteiger partial charge in [-0.2, -0.15) is 0 Å². The summed E-state index contributed by atoms with van der Waals surface area (Å²) < 4.78 is 19.8. The highest BCUT2D eigenvalue weighted by Gasteiger charge is 2.35. The first-order valence-electron chi connectivity index (χ1n) is 14.7. The van der Waals surface area contributed by atoms with Crippen LogP contribution in [0.5, 0.6) is 5.75 Å². The molecule has 4 aromatic rings. The van der Waals surface area contributed by atoms with Crippen LogP contribution in [0, 0.1) is 11.7 Å². The minimum absolute atomic E-state index is 0.145. The Balaban J connectivity index is 1.41. The van der Waals surface area contributed by atoms with Gasteiger partial charge in [0.2, 0.25) is 0 Å². The third-order valence-corrected chi connectivity index (χ3v) is 7.87. The number of amides is 5. The first kappa shape index (κ1) is 31.3. The topological polar surface area (TPSA) is 123 Å². The number of aliphatic hydroxyl groups is 1. The van der Waals surface area contributed by atoms with Gasteiger partial charge in [-0.3, -0.25) is 4.79 Å². The van der Waals surface area contributed by atoms with Crippen LogP contribution < -0.4 is 20.7 Å². The number of hydrogen-bond acceptors (Lipinski definition) is 5. The summed E-state index contributed by atoms with van der Waals surface area (Å²) >= 11 is 0. The lowest BCUT2D eigenvalue weighted by Gasteiger charge is -2.38. The first-order valence-corrected chi connectivity index (χ1v) is 14.7. The van der Waals surface area contributed by atoms with Crippen LogP contribution in [0.2, 0.25) is 0 Å². The summed E-state index contributed by atoms with van der Waals surface area (Å²) in [5, 5.41) is 20.2. The lowest BCUT2D eigenvalue weighted by molar-refractivity contribution is 0.0373. The molecule has 0 saturated heterocycles. The predicted molar refractivity (Wildman–Crippen MR) is 172 cm³/mol. The first-order chi connectivity index (χ1) is 21.6. The summed E-state index contributed by atoms with van der Waals surface area (Å²) in [4.78, 5) is 43.2. The van der Waals surface area contributed by atoms with Crippen LogP contribution in [0.25, 0.3) is 10.8 Å². The van der Waals surface area contributed by atoms with Gasteiger partial charge in [-0.05, 0) is 54.8 Å². The molecule has 0 bridgehead atoms. The lowest BCUT2D eigenvalue weighted by Crippen LogP contribution is -2.50. The summed E-state index contributed by atoms with van der Waals surface area (Å²) in [6, 6.07) is 22.1. The molecule has 0 spiro atoms. The van der Waals surface area contributed by atoms with Crippen LogP contribution in [0.15, 0.2) is 84.9 Å². The average molecular weight is 614 g/mol. The molecule has 4 aromatic carbocycles. The maximum absolute atomic E-state index is 13.7. The predicted octanol–water partition coefficient (Wildman–Crippen LogP) is 6.01. The van der Waals surface area contributed by atoms with E-state index in [1.54, 1.807) is 37.1 Å². The van der Waals surface area contributed by atoms with E-state index < -0.39 is 24.0 Å². The van der Waals surface area contributed by atoms with Crippen molar-refractivity contribution in [1.29, 1.82) is 0 Å². The van der Waals surface area contributed by atoms with E-state index in [-0.39, 0.29) is 54.6 Å². The van der Waals surface area contributed by atoms with E-state index in [0.29, 0.717) is 11.4 Å². The Morgan fingerprint density at radius 1 is 0.978 bits per heavy atom. The van der Waals surface area contributed by atoms with Crippen LogP contribution in [0.4, 0.5) is 31.0 Å². The molecule has 0 radical (unpaired) electrons. The molecule has 234 valence electrons. The number of para-hydroxylation sites is 1. The van der Waals surface area contributed by atoms with Crippen LogP contribution in [-0.4, -0.2) is 71.8 Å². The van der Waals surface area contributed by atoms with Crippen molar-refractivity contribution in [2.75, 3.05) is 42.7 Å². The molecule has 11 heteroatoms. The van der Waals surface area contributed by atoms with E-state index in [0.717, 1.165) is 10.8 Å². The van der Waals surface area contributed by atoms with Crippen LogP contribution in [0.3, 0.4) is 0 Å². The third-order valence-electron chi connectivity index (χ3n) is 7.87. The number of carbonyl (C=O) groups is 3. The number of carbonyl (C=O) groups excluding carboxylic acids is 3. The monoisotopic (exact) mass is 613 g/mol. The Hall–Kier alpha value is -5.16. The zero-order valence-electron chi connectivity index (χ0n) is 25.3. The van der Waals surface area contributed by atoms with Gasteiger partial charge in [0.1, 0.15) is 11.9 Å². The van der Waals surface area contributed by atoms with Crippen molar-refractivity contribution in [1.82, 2.24) is 9.80 Å². The van der Waals surface area contributed by atoms with Gasteiger partial charge in [0, 0.05) is 30.6 Å². The second-order valence-electron chi connectivity index (χ2n) is 11.2. The number of benzene rings is 4. The number of fused-ring (bicyclic) bond motifs is 2. The largest absolute Gasteiger partial charge is 0.485 e. The highest BCUT2D eigenvalue weighted by Crippen LogP contribution is 2.35. The maximum Gasteiger partial charge on any atom is 0.323 e. The van der Waals surface area contributed by atoms with Crippen molar-refractivity contribution in [2.24, 2.45) is 5.92 Å². The second-order valence-corrected chi connectivity index (χ2v) is 11.2. The van der Waals surface area contributed by atoms with Gasteiger partial charge < -0.3 is 35.6 Å². The number of hydrogen-bond donors (Lipinski definition) is 4. The van der Waals surface area contributed by atoms with Crippen molar-refractivity contribution in [2.45, 2.75) is 26.0 Å². The molecule has 0 aromatic heterocycles. The van der Waals surface area contributed by atoms with E-state index in [1.165, 1.54) is 29.2 Å². The molecule has 5 rings (SSSR count). The van der Waals surface area contributed by atoms with Gasteiger partial charge >= 0.3 is 12.1 Å². The van der Waals surface area contributed by atoms with Crippen molar-refractivity contribution in [3.63, 3.8) is 0 Å². The number of halogens is 1. The minimum Gasteiger partial charge on any atom is -0.485 e. The normalized spacial score (nSPS) is 16.9. The van der Waals surface area contributed by atoms with Gasteiger partial charge in [-0.1, -0.05) is 49.4 Å². The fourth-order valence-electron chi connectivity index (χ4n) is 5.28. The molecule has 1 aliphatic heterocycles. The number of nitrogens with one attached hydrogen (secondary N) is 3. The second kappa shape index (κ2) is 13.6. The molecule has 0 unspecified atom stereocenters. The summed E-state index contributed by atoms with van der Waals surface area (Å²) in [6.45, 7) is 3.84. The molecule has 1 heterocycles. The Kier molecular flexibility index (Phi) is 9.48. The summed E-state index contributed by atoms with van der Waals surface area (Å²) in [5.74, 6) is -0.923. The highest BCUT2D eigenvalue weighted by molar-refractivity contribution is 6.04. The number of nitrogens with zero attached hydrogens (tertiary/aromatic N) is 2. The van der Waals surface area contributed by atoms with Crippen LogP contribution >= 0.6 is 0 Å². The zero-order valence-corrected chi connectivity index (χ0v) is 25.3. The Morgan fingerprint density at radius 3 is 2.42 bits per heavy atom. The van der Waals surface area contributed by atoms with Crippen molar-refractivity contribution < 1.29 is 28.6 Å². The summed E-state index contributed by atoms with van der Waals surface area (Å²) in [5.41, 5.74) is 1.49. The Morgan fingerprint density at radius 2 is 1.67 bits per heavy atom. The number of urea groups is 2. The van der Waals surface area contributed by atoms with Crippen molar-refractivity contribution in [3.05, 3.63) is 96.3 Å². The smallest absolute Gasteiger partial charge is 0.323 e. The maximum atomic E-state index is 13.7. The molecule has 10 nitrogen and oxygen atoms in total. The molecule has 3 atom stereocenters. The molecular weight excluding hydrogens is 577 g/mol. The average Bonchev–Trinajstić information content (AvgIpc) is 3.03. The highest BCUT2D eigenvalue weighted by atomic mass is 19.1. The third kappa shape index (κ3) is 7.15. The van der Waals surface area contributed by atoms with E-state index in [1.807, 2.05) is 49.4 Å². The van der Waals surface area contributed by atoms with E-state index in [9.17, 15) is 23.9 Å². The van der Waals surface area contributed by atoms with Gasteiger partial charge in [-0.25, -0.2) is 14.0 Å². The Labute approximate surface area is 260 Å².